The van der Waals surface area contributed by atoms with Crippen LogP contribution in [0.1, 0.15) is 37.3 Å². The molecule has 0 aromatic heterocycles. The van der Waals surface area contributed by atoms with Gasteiger partial charge >= 0.3 is 18.9 Å². The Morgan fingerprint density at radius 3 is 2.46 bits per heavy atom. The summed E-state index contributed by atoms with van der Waals surface area (Å²) >= 11 is 0. The van der Waals surface area contributed by atoms with Gasteiger partial charge in [0.25, 0.3) is 0 Å². The fourth-order valence-corrected chi connectivity index (χ4v) is 1.37. The molecule has 0 amide bonds. The van der Waals surface area contributed by atoms with E-state index in [9.17, 15) is 0 Å². The molecule has 0 aliphatic rings. The molecule has 0 aliphatic carbocycles. The normalized spacial score (nSPS) is 9.31. The Morgan fingerprint density at radius 2 is 1.85 bits per heavy atom. The van der Waals surface area contributed by atoms with E-state index in [0.717, 1.165) is 0 Å². The first-order valence-corrected chi connectivity index (χ1v) is 4.74. The Morgan fingerprint density at radius 1 is 1.15 bits per heavy atom. The zero-order valence-electron chi connectivity index (χ0n) is 8.84. The van der Waals surface area contributed by atoms with E-state index < -0.39 is 0 Å². The molecule has 0 bridgehead atoms. The molecule has 1 rings (SSSR count). The molecule has 0 unspecified atom stereocenters. The van der Waals surface area contributed by atoms with E-state index >= 15 is 0 Å². The SMILES string of the molecule is [CH2-]c1ccccc1CCCCC.[Li+]. The Kier molecular flexibility index (Phi) is 6.95. The summed E-state index contributed by atoms with van der Waals surface area (Å²) in [4.78, 5) is 0. The van der Waals surface area contributed by atoms with E-state index in [1.54, 1.807) is 0 Å². The maximum atomic E-state index is 4.00. The van der Waals surface area contributed by atoms with Crippen LogP contribution in [0.2, 0.25) is 0 Å². The van der Waals surface area contributed by atoms with Crippen molar-refractivity contribution in [3.05, 3.63) is 42.3 Å². The summed E-state index contributed by atoms with van der Waals surface area (Å²) in [5.41, 5.74) is 2.60. The largest absolute Gasteiger partial charge is 1.00 e. The van der Waals surface area contributed by atoms with Crippen molar-refractivity contribution in [1.82, 2.24) is 0 Å². The second-order valence-corrected chi connectivity index (χ2v) is 3.23. The van der Waals surface area contributed by atoms with Crippen molar-refractivity contribution in [1.29, 1.82) is 0 Å². The van der Waals surface area contributed by atoms with Gasteiger partial charge in [-0.3, -0.25) is 0 Å². The second-order valence-electron chi connectivity index (χ2n) is 3.23. The molecular formula is C12H17Li. The van der Waals surface area contributed by atoms with E-state index in [1.807, 2.05) is 6.07 Å². The van der Waals surface area contributed by atoms with Gasteiger partial charge in [-0.15, -0.1) is 17.7 Å². The predicted octanol–water partition coefficient (Wildman–Crippen LogP) is 0.605. The summed E-state index contributed by atoms with van der Waals surface area (Å²) in [6.07, 6.45) is 5.10. The van der Waals surface area contributed by atoms with Crippen LogP contribution in [-0.4, -0.2) is 0 Å². The maximum Gasteiger partial charge on any atom is 1.00 e. The summed E-state index contributed by atoms with van der Waals surface area (Å²) < 4.78 is 0. The van der Waals surface area contributed by atoms with Crippen molar-refractivity contribution in [2.24, 2.45) is 0 Å². The fraction of sp³-hybridized carbons (Fsp3) is 0.417. The van der Waals surface area contributed by atoms with Gasteiger partial charge in [0, 0.05) is 0 Å². The molecular weight excluding hydrogens is 151 g/mol. The molecule has 1 heteroatoms. The van der Waals surface area contributed by atoms with Crippen LogP contribution in [-0.2, 0) is 6.42 Å². The number of rotatable bonds is 4. The molecule has 0 saturated carbocycles. The number of hydrogen-bond acceptors (Lipinski definition) is 0. The molecule has 0 spiro atoms. The third-order valence-electron chi connectivity index (χ3n) is 2.17. The quantitative estimate of drug-likeness (QED) is 0.351. The topological polar surface area (TPSA) is 0 Å². The van der Waals surface area contributed by atoms with Gasteiger partial charge in [0.05, 0.1) is 0 Å². The van der Waals surface area contributed by atoms with Crippen LogP contribution in [0.3, 0.4) is 0 Å². The average molecular weight is 168 g/mol. The molecule has 0 atom stereocenters. The molecule has 0 heterocycles. The average Bonchev–Trinajstić information content (AvgIpc) is 2.09. The zero-order chi connectivity index (χ0) is 8.81. The minimum absolute atomic E-state index is 0. The zero-order valence-corrected chi connectivity index (χ0v) is 8.84. The third-order valence-corrected chi connectivity index (χ3v) is 2.17. The van der Waals surface area contributed by atoms with Gasteiger partial charge in [0.1, 0.15) is 0 Å². The van der Waals surface area contributed by atoms with Gasteiger partial charge in [0.2, 0.25) is 0 Å². The van der Waals surface area contributed by atoms with Crippen LogP contribution in [0.15, 0.2) is 24.3 Å². The first kappa shape index (κ1) is 12.7. The monoisotopic (exact) mass is 168 g/mol. The van der Waals surface area contributed by atoms with E-state index in [0.29, 0.717) is 0 Å². The van der Waals surface area contributed by atoms with Gasteiger partial charge in [-0.2, -0.15) is 18.6 Å². The Bertz CT molecular complexity index is 230. The number of aryl methyl sites for hydroxylation is 1. The standard InChI is InChI=1S/C12H17.Li/c1-3-4-5-9-12-10-7-6-8-11(12)2;/h6-8,10H,2-5,9H2,1H3;/q-1;+1. The molecule has 1 aromatic rings. The predicted molar refractivity (Wildman–Crippen MR) is 54.1 cm³/mol. The van der Waals surface area contributed by atoms with Crippen molar-refractivity contribution < 1.29 is 18.9 Å². The van der Waals surface area contributed by atoms with Crippen LogP contribution in [0, 0.1) is 6.92 Å². The van der Waals surface area contributed by atoms with Crippen molar-refractivity contribution in [2.45, 2.75) is 32.6 Å². The minimum atomic E-state index is 0. The number of unbranched alkanes of at least 4 members (excludes halogenated alkanes) is 2. The number of benzene rings is 1. The third kappa shape index (κ3) is 4.46. The van der Waals surface area contributed by atoms with Crippen LogP contribution >= 0.6 is 0 Å². The summed E-state index contributed by atoms with van der Waals surface area (Å²) in [7, 11) is 0. The van der Waals surface area contributed by atoms with Gasteiger partial charge in [0.15, 0.2) is 0 Å². The number of hydrogen-bond donors (Lipinski definition) is 0. The summed E-state index contributed by atoms with van der Waals surface area (Å²) in [5.74, 6) is 0. The van der Waals surface area contributed by atoms with Crippen LogP contribution in [0.25, 0.3) is 0 Å². The molecule has 1 aromatic carbocycles. The first-order chi connectivity index (χ1) is 5.84. The van der Waals surface area contributed by atoms with Crippen LogP contribution in [0.5, 0.6) is 0 Å². The summed E-state index contributed by atoms with van der Waals surface area (Å²) in [6.45, 7) is 6.23. The smallest absolute Gasteiger partial charge is 0.198 e. The molecule has 0 radical (unpaired) electrons. The molecule has 0 N–H and O–H groups in total. The summed E-state index contributed by atoms with van der Waals surface area (Å²) in [6, 6.07) is 8.40. The molecule has 0 aliphatic heterocycles. The van der Waals surface area contributed by atoms with E-state index in [4.69, 9.17) is 0 Å². The second kappa shape index (κ2) is 7.13. The van der Waals surface area contributed by atoms with Gasteiger partial charge in [-0.05, 0) is 0 Å². The fourth-order valence-electron chi connectivity index (χ4n) is 1.37. The molecule has 13 heavy (non-hydrogen) atoms. The molecule has 66 valence electrons. The van der Waals surface area contributed by atoms with E-state index in [-0.39, 0.29) is 18.9 Å². The Labute approximate surface area is 93.9 Å². The molecule has 0 saturated heterocycles. The van der Waals surface area contributed by atoms with Gasteiger partial charge < -0.3 is 0 Å². The van der Waals surface area contributed by atoms with Crippen LogP contribution < -0.4 is 18.9 Å². The molecule has 0 fully saturated rings. The van der Waals surface area contributed by atoms with Gasteiger partial charge in [-0.25, -0.2) is 0 Å². The summed E-state index contributed by atoms with van der Waals surface area (Å²) in [5, 5.41) is 0. The van der Waals surface area contributed by atoms with Crippen molar-refractivity contribution in [2.75, 3.05) is 0 Å². The van der Waals surface area contributed by atoms with Gasteiger partial charge in [-0.1, -0.05) is 38.7 Å². The maximum absolute atomic E-state index is 4.00. The Hall–Kier alpha value is -0.313. The van der Waals surface area contributed by atoms with E-state index in [2.05, 4.69) is 32.0 Å². The molecule has 0 nitrogen and oxygen atoms in total. The Balaban J connectivity index is 0.00000144. The van der Waals surface area contributed by atoms with Crippen molar-refractivity contribution >= 4 is 0 Å². The minimum Gasteiger partial charge on any atom is -0.198 e. The van der Waals surface area contributed by atoms with Crippen molar-refractivity contribution in [3.8, 4) is 0 Å². The first-order valence-electron chi connectivity index (χ1n) is 4.74. The van der Waals surface area contributed by atoms with Crippen molar-refractivity contribution in [3.63, 3.8) is 0 Å². The van der Waals surface area contributed by atoms with Crippen LogP contribution in [0.4, 0.5) is 0 Å². The van der Waals surface area contributed by atoms with E-state index in [1.165, 1.54) is 36.8 Å².